The number of nitrogens with zero attached hydrogens (tertiary/aromatic N) is 6. The van der Waals surface area contributed by atoms with Gasteiger partial charge in [0.05, 0.1) is 17.9 Å². The second-order valence-electron chi connectivity index (χ2n) is 7.62. The smallest absolute Gasteiger partial charge is 0.323 e. The Morgan fingerprint density at radius 3 is 1.81 bits per heavy atom. The Morgan fingerprint density at radius 1 is 0.781 bits per heavy atom. The standard InChI is InChI=1S/C20H30N6O6/c1-16-10-21-11-17(22-16)12-23-2-4-24(13-18(27)28)6-8-26(15-20(31)32)9-7-25(5-3-23)14-19(29)30/h6,8,10-11H,2-5,7,9,12-15H2,1H3,(H,27,28)(H,29,30)(H,31,32)/b8-6-. The van der Waals surface area contributed by atoms with Crippen molar-refractivity contribution in [1.29, 1.82) is 0 Å². The minimum Gasteiger partial charge on any atom is -0.480 e. The molecule has 3 N–H and O–H groups in total. The third-order valence-corrected chi connectivity index (χ3v) is 4.85. The highest BCUT2D eigenvalue weighted by molar-refractivity contribution is 5.70. The Balaban J connectivity index is 2.22. The topological polar surface area (TPSA) is 151 Å². The van der Waals surface area contributed by atoms with Gasteiger partial charge in [0.1, 0.15) is 13.1 Å². The van der Waals surface area contributed by atoms with Crippen LogP contribution in [-0.4, -0.2) is 122 Å². The largest absolute Gasteiger partial charge is 0.480 e. The highest BCUT2D eigenvalue weighted by atomic mass is 16.4. The minimum absolute atomic E-state index is 0.159. The van der Waals surface area contributed by atoms with Crippen LogP contribution in [0.25, 0.3) is 0 Å². The first-order valence-electron chi connectivity index (χ1n) is 10.3. The highest BCUT2D eigenvalue weighted by Gasteiger charge is 2.17. The van der Waals surface area contributed by atoms with Gasteiger partial charge in [-0.05, 0) is 6.92 Å². The molecule has 0 saturated carbocycles. The molecule has 1 aliphatic rings. The fraction of sp³-hybridized carbons (Fsp3) is 0.550. The molecule has 0 fully saturated rings. The van der Waals surface area contributed by atoms with E-state index in [0.717, 1.165) is 11.4 Å². The molecule has 0 amide bonds. The van der Waals surface area contributed by atoms with Crippen LogP contribution >= 0.6 is 0 Å². The first-order chi connectivity index (χ1) is 15.2. The third-order valence-electron chi connectivity index (χ3n) is 4.85. The molecule has 0 aromatic carbocycles. The Bertz CT molecular complexity index is 820. The van der Waals surface area contributed by atoms with Crippen LogP contribution in [0.15, 0.2) is 24.8 Å². The fourth-order valence-electron chi connectivity index (χ4n) is 3.32. The zero-order valence-corrected chi connectivity index (χ0v) is 18.1. The molecule has 0 atom stereocenters. The minimum atomic E-state index is -1.03. The number of aromatic nitrogens is 2. The van der Waals surface area contributed by atoms with E-state index in [9.17, 15) is 24.6 Å². The van der Waals surface area contributed by atoms with Crippen molar-refractivity contribution >= 4 is 17.9 Å². The molecular weight excluding hydrogens is 420 g/mol. The molecule has 0 unspecified atom stereocenters. The van der Waals surface area contributed by atoms with Crippen molar-refractivity contribution in [2.45, 2.75) is 13.5 Å². The van der Waals surface area contributed by atoms with E-state index in [1.807, 2.05) is 6.92 Å². The van der Waals surface area contributed by atoms with Gasteiger partial charge in [-0.15, -0.1) is 0 Å². The molecule has 2 rings (SSSR count). The summed E-state index contributed by atoms with van der Waals surface area (Å²) in [6.07, 6.45) is 6.46. The lowest BCUT2D eigenvalue weighted by Gasteiger charge is -2.31. The van der Waals surface area contributed by atoms with Crippen LogP contribution in [0.4, 0.5) is 0 Å². The summed E-state index contributed by atoms with van der Waals surface area (Å²) < 4.78 is 0. The van der Waals surface area contributed by atoms with Gasteiger partial charge in [0.2, 0.25) is 0 Å². The predicted octanol–water partition coefficient (Wildman–Crippen LogP) is -0.768. The van der Waals surface area contributed by atoms with E-state index >= 15 is 0 Å². The maximum Gasteiger partial charge on any atom is 0.323 e. The van der Waals surface area contributed by atoms with Crippen molar-refractivity contribution < 1.29 is 29.7 Å². The normalized spacial score (nSPS) is 17.9. The molecule has 0 saturated heterocycles. The molecule has 176 valence electrons. The summed E-state index contributed by atoms with van der Waals surface area (Å²) in [6.45, 7) is 4.22. The van der Waals surface area contributed by atoms with E-state index in [1.165, 1.54) is 4.90 Å². The molecule has 1 aromatic rings. The summed E-state index contributed by atoms with van der Waals surface area (Å²) >= 11 is 0. The predicted molar refractivity (Wildman–Crippen MR) is 114 cm³/mol. The number of carboxylic acid groups (broad SMARTS) is 3. The van der Waals surface area contributed by atoms with Gasteiger partial charge in [-0.2, -0.15) is 0 Å². The average Bonchev–Trinajstić information content (AvgIpc) is 2.69. The zero-order valence-electron chi connectivity index (χ0n) is 18.1. The van der Waals surface area contributed by atoms with Gasteiger partial charge in [-0.3, -0.25) is 34.2 Å². The van der Waals surface area contributed by atoms with E-state index < -0.39 is 17.9 Å². The van der Waals surface area contributed by atoms with Crippen LogP contribution < -0.4 is 0 Å². The maximum atomic E-state index is 11.3. The molecular formula is C20H30N6O6. The van der Waals surface area contributed by atoms with Gasteiger partial charge in [0.15, 0.2) is 0 Å². The second-order valence-corrected chi connectivity index (χ2v) is 7.62. The number of hydrogen-bond donors (Lipinski definition) is 3. The SMILES string of the molecule is Cc1cncc(CN2CCN(CC(=O)O)/C=C\N(CC(=O)O)CCN(CC(=O)O)CC2)n1. The number of carbonyl (C=O) groups is 3. The Kier molecular flexibility index (Phi) is 9.82. The summed E-state index contributed by atoms with van der Waals surface area (Å²) in [7, 11) is 0. The lowest BCUT2D eigenvalue weighted by molar-refractivity contribution is -0.139. The molecule has 2 heterocycles. The fourth-order valence-corrected chi connectivity index (χ4v) is 3.32. The van der Waals surface area contributed by atoms with Gasteiger partial charge >= 0.3 is 17.9 Å². The monoisotopic (exact) mass is 450 g/mol. The lowest BCUT2D eigenvalue weighted by Crippen LogP contribution is -2.44. The van der Waals surface area contributed by atoms with Gasteiger partial charge in [0, 0.05) is 70.6 Å². The van der Waals surface area contributed by atoms with E-state index in [1.54, 1.807) is 34.6 Å². The van der Waals surface area contributed by atoms with E-state index in [4.69, 9.17) is 5.11 Å². The molecule has 1 aromatic heterocycles. The molecule has 1 aliphatic heterocycles. The van der Waals surface area contributed by atoms with Crippen molar-refractivity contribution in [1.82, 2.24) is 29.6 Å². The van der Waals surface area contributed by atoms with Crippen LogP contribution in [0, 0.1) is 6.92 Å². The van der Waals surface area contributed by atoms with Gasteiger partial charge in [-0.1, -0.05) is 0 Å². The molecule has 0 bridgehead atoms. The van der Waals surface area contributed by atoms with Crippen LogP contribution in [0.2, 0.25) is 0 Å². The first kappa shape index (κ1) is 25.0. The van der Waals surface area contributed by atoms with Crippen molar-refractivity contribution in [3.63, 3.8) is 0 Å². The summed E-state index contributed by atoms with van der Waals surface area (Å²) in [6, 6.07) is 0. The zero-order chi connectivity index (χ0) is 23.5. The van der Waals surface area contributed by atoms with Crippen LogP contribution in [0.5, 0.6) is 0 Å². The summed E-state index contributed by atoms with van der Waals surface area (Å²) in [4.78, 5) is 49.4. The summed E-state index contributed by atoms with van der Waals surface area (Å²) in [5.41, 5.74) is 1.56. The van der Waals surface area contributed by atoms with Crippen LogP contribution in [0.3, 0.4) is 0 Å². The average molecular weight is 450 g/mol. The Labute approximate surface area is 186 Å². The first-order valence-corrected chi connectivity index (χ1v) is 10.3. The van der Waals surface area contributed by atoms with Gasteiger partial charge in [-0.25, -0.2) is 0 Å². The van der Waals surface area contributed by atoms with Gasteiger partial charge < -0.3 is 25.1 Å². The Hall–Kier alpha value is -3.25. The van der Waals surface area contributed by atoms with Crippen molar-refractivity contribution in [3.8, 4) is 0 Å². The summed E-state index contributed by atoms with van der Waals surface area (Å²) in [5.74, 6) is -2.97. The lowest BCUT2D eigenvalue weighted by atomic mass is 10.3. The molecule has 12 heteroatoms. The van der Waals surface area contributed by atoms with Gasteiger partial charge in [0.25, 0.3) is 0 Å². The molecule has 0 spiro atoms. The van der Waals surface area contributed by atoms with Crippen molar-refractivity contribution in [2.75, 3.05) is 58.9 Å². The number of aliphatic carboxylic acids is 3. The number of carboxylic acids is 3. The van der Waals surface area contributed by atoms with Crippen molar-refractivity contribution in [3.05, 3.63) is 36.2 Å². The quantitative estimate of drug-likeness (QED) is 0.456. The van der Waals surface area contributed by atoms with E-state index in [0.29, 0.717) is 45.8 Å². The van der Waals surface area contributed by atoms with Crippen LogP contribution in [0.1, 0.15) is 11.4 Å². The highest BCUT2D eigenvalue weighted by Crippen LogP contribution is 2.06. The number of rotatable bonds is 8. The van der Waals surface area contributed by atoms with E-state index in [2.05, 4.69) is 14.9 Å². The molecule has 0 aliphatic carbocycles. The molecule has 12 nitrogen and oxygen atoms in total. The third kappa shape index (κ3) is 9.71. The molecule has 32 heavy (non-hydrogen) atoms. The van der Waals surface area contributed by atoms with E-state index in [-0.39, 0.29) is 19.6 Å². The van der Waals surface area contributed by atoms with Crippen molar-refractivity contribution in [2.24, 2.45) is 0 Å². The number of hydrogen-bond acceptors (Lipinski definition) is 9. The van der Waals surface area contributed by atoms with Crippen LogP contribution in [-0.2, 0) is 20.9 Å². The number of aryl methyl sites for hydroxylation is 1. The summed E-state index contributed by atoms with van der Waals surface area (Å²) in [5, 5.41) is 27.7. The Morgan fingerprint density at radius 2 is 1.28 bits per heavy atom. The maximum absolute atomic E-state index is 11.3. The second kappa shape index (κ2) is 12.6. The molecule has 0 radical (unpaired) electrons.